The maximum absolute atomic E-state index is 13.0. The van der Waals surface area contributed by atoms with Gasteiger partial charge in [0.15, 0.2) is 0 Å². The van der Waals surface area contributed by atoms with E-state index in [-0.39, 0.29) is 11.6 Å². The van der Waals surface area contributed by atoms with Crippen LogP contribution in [0.25, 0.3) is 0 Å². The van der Waals surface area contributed by atoms with Crippen molar-refractivity contribution in [2.45, 2.75) is 31.5 Å². The summed E-state index contributed by atoms with van der Waals surface area (Å²) in [5, 5.41) is 5.15. The second-order valence-corrected chi connectivity index (χ2v) is 6.90. The molecule has 1 atom stereocenters. The summed E-state index contributed by atoms with van der Waals surface area (Å²) in [4.78, 5) is 27.2. The number of alkyl halides is 3. The smallest absolute Gasteiger partial charge is 0.341 e. The third kappa shape index (κ3) is 5.49. The van der Waals surface area contributed by atoms with E-state index in [1.54, 1.807) is 29.2 Å². The number of nitrogens with zero attached hydrogens (tertiary/aromatic N) is 1. The number of rotatable bonds is 4. The topological polar surface area (TPSA) is 61.4 Å². The standard InChI is InChI=1S/C21H22F3N3O2/c22-21(23,24)16-9-11-17(12-10-16)25-20(29)26-18(15-7-3-1-4-8-15)19(28)27-13-5-2-6-14-27/h1,3-4,7-12,18H,2,5-6,13-14H2,(H2,25,26,29). The predicted octanol–water partition coefficient (Wildman–Crippen LogP) is 4.58. The van der Waals surface area contributed by atoms with E-state index in [0.717, 1.165) is 31.4 Å². The van der Waals surface area contributed by atoms with Gasteiger partial charge in [0.1, 0.15) is 6.04 Å². The van der Waals surface area contributed by atoms with Gasteiger partial charge in [-0.1, -0.05) is 30.3 Å². The highest BCUT2D eigenvalue weighted by atomic mass is 19.4. The third-order valence-corrected chi connectivity index (χ3v) is 4.79. The van der Waals surface area contributed by atoms with Crippen LogP contribution in [0.15, 0.2) is 54.6 Å². The van der Waals surface area contributed by atoms with Gasteiger partial charge in [0, 0.05) is 18.8 Å². The molecule has 0 bridgehead atoms. The van der Waals surface area contributed by atoms with Crippen molar-refractivity contribution in [1.82, 2.24) is 10.2 Å². The van der Waals surface area contributed by atoms with Crippen molar-refractivity contribution in [3.05, 3.63) is 65.7 Å². The predicted molar refractivity (Wildman–Crippen MR) is 103 cm³/mol. The molecule has 0 aromatic heterocycles. The summed E-state index contributed by atoms with van der Waals surface area (Å²) >= 11 is 0. The number of urea groups is 1. The van der Waals surface area contributed by atoms with E-state index in [1.807, 2.05) is 6.07 Å². The number of carbonyl (C=O) groups is 2. The molecule has 3 rings (SSSR count). The lowest BCUT2D eigenvalue weighted by atomic mass is 10.0. The Bertz CT molecular complexity index is 832. The highest BCUT2D eigenvalue weighted by molar-refractivity contribution is 5.94. The monoisotopic (exact) mass is 405 g/mol. The number of hydrogen-bond acceptors (Lipinski definition) is 2. The van der Waals surface area contributed by atoms with Gasteiger partial charge in [0.05, 0.1) is 5.56 Å². The molecule has 154 valence electrons. The number of likely N-dealkylation sites (tertiary alicyclic amines) is 1. The Morgan fingerprint density at radius 2 is 1.52 bits per heavy atom. The molecule has 5 nitrogen and oxygen atoms in total. The zero-order valence-corrected chi connectivity index (χ0v) is 15.7. The lowest BCUT2D eigenvalue weighted by Gasteiger charge is -2.31. The maximum Gasteiger partial charge on any atom is 0.416 e. The maximum atomic E-state index is 13.0. The molecule has 0 radical (unpaired) electrons. The number of anilines is 1. The Balaban J connectivity index is 1.71. The van der Waals surface area contributed by atoms with Crippen LogP contribution in [0.5, 0.6) is 0 Å². The Labute approximate surface area is 166 Å². The molecule has 0 aliphatic carbocycles. The van der Waals surface area contributed by atoms with Crippen LogP contribution in [0.4, 0.5) is 23.7 Å². The number of nitrogens with one attached hydrogen (secondary N) is 2. The van der Waals surface area contributed by atoms with Gasteiger partial charge in [0.25, 0.3) is 0 Å². The van der Waals surface area contributed by atoms with Crippen LogP contribution in [0.1, 0.15) is 36.4 Å². The van der Waals surface area contributed by atoms with Gasteiger partial charge in [-0.15, -0.1) is 0 Å². The molecule has 2 aromatic carbocycles. The highest BCUT2D eigenvalue weighted by Gasteiger charge is 2.30. The fraction of sp³-hybridized carbons (Fsp3) is 0.333. The first kappa shape index (κ1) is 20.7. The molecule has 29 heavy (non-hydrogen) atoms. The van der Waals surface area contributed by atoms with E-state index in [9.17, 15) is 22.8 Å². The van der Waals surface area contributed by atoms with E-state index >= 15 is 0 Å². The summed E-state index contributed by atoms with van der Waals surface area (Å²) in [7, 11) is 0. The van der Waals surface area contributed by atoms with Crippen molar-refractivity contribution in [2.75, 3.05) is 18.4 Å². The Morgan fingerprint density at radius 1 is 0.897 bits per heavy atom. The molecule has 2 N–H and O–H groups in total. The first-order valence-corrected chi connectivity index (χ1v) is 9.43. The van der Waals surface area contributed by atoms with Crippen LogP contribution < -0.4 is 10.6 Å². The van der Waals surface area contributed by atoms with Gasteiger partial charge >= 0.3 is 12.2 Å². The molecule has 1 unspecified atom stereocenters. The van der Waals surface area contributed by atoms with E-state index in [1.165, 1.54) is 12.1 Å². The molecular weight excluding hydrogens is 383 g/mol. The van der Waals surface area contributed by atoms with Gasteiger partial charge in [-0.25, -0.2) is 4.79 Å². The second kappa shape index (κ2) is 8.98. The second-order valence-electron chi connectivity index (χ2n) is 6.90. The van der Waals surface area contributed by atoms with Crippen molar-refractivity contribution >= 4 is 17.6 Å². The number of benzene rings is 2. The van der Waals surface area contributed by atoms with Gasteiger partial charge < -0.3 is 15.5 Å². The average Bonchev–Trinajstić information content (AvgIpc) is 2.72. The van der Waals surface area contributed by atoms with Crippen molar-refractivity contribution in [1.29, 1.82) is 0 Å². The molecule has 8 heteroatoms. The number of carbonyl (C=O) groups excluding carboxylic acids is 2. The quantitative estimate of drug-likeness (QED) is 0.782. The lowest BCUT2D eigenvalue weighted by Crippen LogP contribution is -2.45. The zero-order valence-electron chi connectivity index (χ0n) is 15.7. The molecule has 2 aromatic rings. The van der Waals surface area contributed by atoms with Crippen molar-refractivity contribution in [2.24, 2.45) is 0 Å². The molecule has 1 saturated heterocycles. The van der Waals surface area contributed by atoms with Crippen LogP contribution in [-0.4, -0.2) is 29.9 Å². The van der Waals surface area contributed by atoms with Crippen molar-refractivity contribution in [3.8, 4) is 0 Å². The van der Waals surface area contributed by atoms with Crippen LogP contribution in [0.3, 0.4) is 0 Å². The van der Waals surface area contributed by atoms with Gasteiger partial charge in [-0.3, -0.25) is 4.79 Å². The fourth-order valence-corrected chi connectivity index (χ4v) is 3.27. The third-order valence-electron chi connectivity index (χ3n) is 4.79. The van der Waals surface area contributed by atoms with Crippen molar-refractivity contribution < 1.29 is 22.8 Å². The Kier molecular flexibility index (Phi) is 6.41. The van der Waals surface area contributed by atoms with Gasteiger partial charge in [-0.2, -0.15) is 13.2 Å². The molecule has 1 fully saturated rings. The molecule has 0 saturated carbocycles. The van der Waals surface area contributed by atoms with Crippen LogP contribution in [0.2, 0.25) is 0 Å². The summed E-state index contributed by atoms with van der Waals surface area (Å²) in [6.07, 6.45) is -1.53. The molecule has 1 heterocycles. The number of piperidine rings is 1. The minimum absolute atomic E-state index is 0.196. The largest absolute Gasteiger partial charge is 0.416 e. The Morgan fingerprint density at radius 3 is 2.10 bits per heavy atom. The van der Waals surface area contributed by atoms with Crippen LogP contribution in [-0.2, 0) is 11.0 Å². The van der Waals surface area contributed by atoms with Crippen LogP contribution in [0, 0.1) is 0 Å². The average molecular weight is 405 g/mol. The normalized spacial score (nSPS) is 15.5. The fourth-order valence-electron chi connectivity index (χ4n) is 3.27. The molecular formula is C21H22F3N3O2. The van der Waals surface area contributed by atoms with Crippen LogP contribution >= 0.6 is 0 Å². The first-order valence-electron chi connectivity index (χ1n) is 9.43. The molecule has 3 amide bonds. The SMILES string of the molecule is O=C(Nc1ccc(C(F)(F)F)cc1)NC(C(=O)N1CCCCC1)c1ccccc1. The minimum Gasteiger partial charge on any atom is -0.341 e. The zero-order chi connectivity index (χ0) is 20.9. The summed E-state index contributed by atoms with van der Waals surface area (Å²) < 4.78 is 38.0. The van der Waals surface area contributed by atoms with E-state index in [0.29, 0.717) is 18.7 Å². The van der Waals surface area contributed by atoms with E-state index < -0.39 is 23.8 Å². The summed E-state index contributed by atoms with van der Waals surface area (Å²) in [5.74, 6) is -0.196. The number of amides is 3. The lowest BCUT2D eigenvalue weighted by molar-refractivity contribution is -0.137. The first-order chi connectivity index (χ1) is 13.8. The summed E-state index contributed by atoms with van der Waals surface area (Å²) in [6, 6.07) is 11.5. The molecule has 1 aliphatic heterocycles. The van der Waals surface area contributed by atoms with E-state index in [2.05, 4.69) is 10.6 Å². The summed E-state index contributed by atoms with van der Waals surface area (Å²) in [5.41, 5.74) is 0.0456. The number of halogens is 3. The number of hydrogen-bond donors (Lipinski definition) is 2. The van der Waals surface area contributed by atoms with E-state index in [4.69, 9.17) is 0 Å². The van der Waals surface area contributed by atoms with Crippen molar-refractivity contribution in [3.63, 3.8) is 0 Å². The summed E-state index contributed by atoms with van der Waals surface area (Å²) in [6.45, 7) is 1.29. The Hall–Kier alpha value is -3.03. The molecule has 0 spiro atoms. The minimum atomic E-state index is -4.44. The highest BCUT2D eigenvalue weighted by Crippen LogP contribution is 2.29. The van der Waals surface area contributed by atoms with Gasteiger partial charge in [0.2, 0.25) is 5.91 Å². The molecule has 1 aliphatic rings. The van der Waals surface area contributed by atoms with Gasteiger partial charge in [-0.05, 0) is 49.1 Å².